The molecule has 0 spiro atoms. The summed E-state index contributed by atoms with van der Waals surface area (Å²) in [7, 11) is -2.19. The van der Waals surface area contributed by atoms with Crippen molar-refractivity contribution in [1.82, 2.24) is 18.8 Å². The van der Waals surface area contributed by atoms with Gasteiger partial charge in [-0.3, -0.25) is 9.36 Å². The minimum absolute atomic E-state index is 0.0183. The summed E-state index contributed by atoms with van der Waals surface area (Å²) in [5.41, 5.74) is 2.91. The van der Waals surface area contributed by atoms with Gasteiger partial charge in [-0.15, -0.1) is 0 Å². The monoisotopic (exact) mass is 468 g/mol. The van der Waals surface area contributed by atoms with Crippen molar-refractivity contribution < 1.29 is 17.6 Å². The topological polar surface area (TPSA) is 109 Å². The van der Waals surface area contributed by atoms with Gasteiger partial charge in [0.05, 0.1) is 10.4 Å². The van der Waals surface area contributed by atoms with Gasteiger partial charge in [-0.2, -0.15) is 4.31 Å². The fraction of sp³-hybridized carbons (Fsp3) is 0.304. The van der Waals surface area contributed by atoms with Crippen molar-refractivity contribution in [3.05, 3.63) is 64.8 Å². The molecular formula is C23H24N4O5S. The van der Waals surface area contributed by atoms with Gasteiger partial charge in [-0.1, -0.05) is 18.2 Å². The minimum Gasteiger partial charge on any atom is -0.408 e. The number of hydrogen-bond acceptors (Lipinski definition) is 5. The molecule has 0 unspecified atom stereocenters. The van der Waals surface area contributed by atoms with Crippen molar-refractivity contribution in [2.75, 3.05) is 26.2 Å². The van der Waals surface area contributed by atoms with Crippen LogP contribution in [-0.2, 0) is 28.3 Å². The van der Waals surface area contributed by atoms with E-state index >= 15 is 0 Å². The van der Waals surface area contributed by atoms with Gasteiger partial charge in [0.15, 0.2) is 5.58 Å². The second-order valence-corrected chi connectivity index (χ2v) is 10.1. The Kier molecular flexibility index (Phi) is 5.34. The van der Waals surface area contributed by atoms with E-state index < -0.39 is 15.8 Å². The van der Waals surface area contributed by atoms with E-state index in [0.717, 1.165) is 16.5 Å². The molecule has 1 saturated heterocycles. The van der Waals surface area contributed by atoms with Crippen LogP contribution in [0.2, 0.25) is 0 Å². The Morgan fingerprint density at radius 2 is 1.85 bits per heavy atom. The number of fused-ring (bicyclic) bond motifs is 2. The third kappa shape index (κ3) is 3.85. The van der Waals surface area contributed by atoms with Crippen molar-refractivity contribution in [2.45, 2.75) is 17.7 Å². The number of carbonyl (C=O) groups is 1. The van der Waals surface area contributed by atoms with Crippen LogP contribution in [0.15, 0.2) is 62.8 Å². The Labute approximate surface area is 190 Å². The van der Waals surface area contributed by atoms with Crippen LogP contribution >= 0.6 is 0 Å². The average Bonchev–Trinajstić information content (AvgIpc) is 3.37. The first-order chi connectivity index (χ1) is 15.8. The van der Waals surface area contributed by atoms with Gasteiger partial charge in [0.1, 0.15) is 0 Å². The normalized spacial score (nSPS) is 15.5. The second kappa shape index (κ2) is 8.20. The van der Waals surface area contributed by atoms with E-state index in [1.54, 1.807) is 18.0 Å². The molecule has 3 heterocycles. The smallest absolute Gasteiger partial charge is 0.408 e. The number of sulfonamides is 1. The maximum Gasteiger partial charge on any atom is 0.419 e. The van der Waals surface area contributed by atoms with Crippen LogP contribution in [0.4, 0.5) is 0 Å². The molecule has 2 aromatic carbocycles. The zero-order chi connectivity index (χ0) is 23.2. The number of oxazole rings is 1. The maximum atomic E-state index is 13.1. The lowest BCUT2D eigenvalue weighted by Gasteiger charge is -2.34. The number of hydrogen-bond donors (Lipinski definition) is 1. The Bertz CT molecular complexity index is 1510. The molecule has 2 aromatic heterocycles. The number of nitrogens with one attached hydrogen (secondary N) is 1. The first kappa shape index (κ1) is 21.5. The lowest BCUT2D eigenvalue weighted by atomic mass is 10.1. The Morgan fingerprint density at radius 1 is 1.09 bits per heavy atom. The molecule has 33 heavy (non-hydrogen) atoms. The predicted molar refractivity (Wildman–Crippen MR) is 123 cm³/mol. The summed E-state index contributed by atoms with van der Waals surface area (Å²) in [5, 5.41) is 1.12. The molecule has 1 fully saturated rings. The summed E-state index contributed by atoms with van der Waals surface area (Å²) < 4.78 is 34.0. The highest BCUT2D eigenvalue weighted by molar-refractivity contribution is 7.89. The van der Waals surface area contributed by atoms with Gasteiger partial charge in [0.2, 0.25) is 15.9 Å². The third-order valence-electron chi connectivity index (χ3n) is 6.28. The predicted octanol–water partition coefficient (Wildman–Crippen LogP) is 2.08. The summed E-state index contributed by atoms with van der Waals surface area (Å²) in [6.07, 6.45) is 2.94. The third-order valence-corrected chi connectivity index (χ3v) is 8.17. The number of para-hydroxylation sites is 1. The maximum absolute atomic E-state index is 13.1. The summed E-state index contributed by atoms with van der Waals surface area (Å²) in [4.78, 5) is 29.4. The number of piperazine rings is 1. The van der Waals surface area contributed by atoms with E-state index in [9.17, 15) is 18.0 Å². The second-order valence-electron chi connectivity index (χ2n) is 8.20. The lowest BCUT2D eigenvalue weighted by Crippen LogP contribution is -2.50. The highest BCUT2D eigenvalue weighted by Crippen LogP contribution is 2.23. The van der Waals surface area contributed by atoms with Gasteiger partial charge in [0.25, 0.3) is 0 Å². The minimum atomic E-state index is -3.76. The van der Waals surface area contributed by atoms with Crippen LogP contribution in [0.3, 0.4) is 0 Å². The van der Waals surface area contributed by atoms with Gasteiger partial charge < -0.3 is 14.3 Å². The number of amides is 1. The number of aryl methyl sites for hydroxylation is 2. The fourth-order valence-corrected chi connectivity index (χ4v) is 5.78. The van der Waals surface area contributed by atoms with Crippen LogP contribution in [0, 0.1) is 0 Å². The number of rotatable bonds is 5. The average molecular weight is 469 g/mol. The number of aromatic amines is 1. The van der Waals surface area contributed by atoms with E-state index in [0.29, 0.717) is 31.4 Å². The Morgan fingerprint density at radius 3 is 2.64 bits per heavy atom. The molecule has 1 amide bonds. The molecule has 5 rings (SSSR count). The van der Waals surface area contributed by atoms with Gasteiger partial charge in [0, 0.05) is 62.8 Å². The van der Waals surface area contributed by atoms with Crippen molar-refractivity contribution in [1.29, 1.82) is 0 Å². The van der Waals surface area contributed by atoms with Gasteiger partial charge in [-0.25, -0.2) is 13.2 Å². The summed E-state index contributed by atoms with van der Waals surface area (Å²) >= 11 is 0. The first-order valence-electron chi connectivity index (χ1n) is 10.8. The van der Waals surface area contributed by atoms with Crippen LogP contribution < -0.4 is 5.76 Å². The lowest BCUT2D eigenvalue weighted by molar-refractivity contribution is -0.132. The zero-order valence-corrected chi connectivity index (χ0v) is 19.0. The number of carbonyl (C=O) groups excluding carboxylic acids is 1. The van der Waals surface area contributed by atoms with E-state index in [-0.39, 0.29) is 29.5 Å². The van der Waals surface area contributed by atoms with E-state index in [2.05, 4.69) is 4.98 Å². The SMILES string of the molecule is Cn1c(=O)oc2cc(S(=O)(=O)N3CCN(C(=O)CCc4c[nH]c5ccccc45)CC3)ccc21. The molecule has 9 nitrogen and oxygen atoms in total. The van der Waals surface area contributed by atoms with E-state index in [4.69, 9.17) is 4.42 Å². The molecule has 4 aromatic rings. The molecule has 0 radical (unpaired) electrons. The molecule has 10 heteroatoms. The molecule has 0 atom stereocenters. The zero-order valence-electron chi connectivity index (χ0n) is 18.2. The highest BCUT2D eigenvalue weighted by atomic mass is 32.2. The van der Waals surface area contributed by atoms with E-state index in [1.807, 2.05) is 30.5 Å². The Hall–Kier alpha value is -3.37. The molecule has 0 aliphatic carbocycles. The van der Waals surface area contributed by atoms with Crippen LogP contribution in [0.1, 0.15) is 12.0 Å². The number of H-pyrrole nitrogens is 1. The first-order valence-corrected chi connectivity index (χ1v) is 12.2. The summed E-state index contributed by atoms with van der Waals surface area (Å²) in [6.45, 7) is 1.12. The number of aromatic nitrogens is 2. The molecule has 1 N–H and O–H groups in total. The number of benzene rings is 2. The molecule has 1 aliphatic rings. The van der Waals surface area contributed by atoms with Crippen LogP contribution in [0.5, 0.6) is 0 Å². The molecular weight excluding hydrogens is 444 g/mol. The Balaban J connectivity index is 1.22. The van der Waals surface area contributed by atoms with Gasteiger partial charge in [-0.05, 0) is 30.2 Å². The van der Waals surface area contributed by atoms with Crippen molar-refractivity contribution >= 4 is 37.9 Å². The largest absolute Gasteiger partial charge is 0.419 e. The van der Waals surface area contributed by atoms with Crippen LogP contribution in [0.25, 0.3) is 22.0 Å². The molecule has 1 aliphatic heterocycles. The standard InChI is InChI=1S/C23H24N4O5S/c1-25-20-8-7-17(14-21(20)32-23(25)29)33(30,31)27-12-10-26(11-13-27)22(28)9-6-16-15-24-19-5-3-2-4-18(16)19/h2-5,7-8,14-15,24H,6,9-13H2,1H3. The van der Waals surface area contributed by atoms with Crippen molar-refractivity contribution in [2.24, 2.45) is 7.05 Å². The van der Waals surface area contributed by atoms with Crippen molar-refractivity contribution in [3.63, 3.8) is 0 Å². The van der Waals surface area contributed by atoms with Gasteiger partial charge >= 0.3 is 5.76 Å². The summed E-state index contributed by atoms with van der Waals surface area (Å²) in [5.74, 6) is -0.524. The molecule has 172 valence electrons. The highest BCUT2D eigenvalue weighted by Gasteiger charge is 2.30. The fourth-order valence-electron chi connectivity index (χ4n) is 4.34. The number of nitrogens with zero attached hydrogens (tertiary/aromatic N) is 3. The quantitative estimate of drug-likeness (QED) is 0.482. The summed E-state index contributed by atoms with van der Waals surface area (Å²) in [6, 6.07) is 12.4. The van der Waals surface area contributed by atoms with E-state index in [1.165, 1.54) is 21.0 Å². The van der Waals surface area contributed by atoms with Crippen molar-refractivity contribution in [3.8, 4) is 0 Å². The molecule has 0 saturated carbocycles. The van der Waals surface area contributed by atoms with Crippen LogP contribution in [-0.4, -0.2) is 59.3 Å². The molecule has 0 bridgehead atoms.